The normalized spacial score (nSPS) is 13.1. The summed E-state index contributed by atoms with van der Waals surface area (Å²) in [5.41, 5.74) is 0. The van der Waals surface area contributed by atoms with E-state index in [1.165, 1.54) is 13.0 Å². The summed E-state index contributed by atoms with van der Waals surface area (Å²) in [6.45, 7) is 4.71. The maximum Gasteiger partial charge on any atom is 0.330 e. The van der Waals surface area contributed by atoms with Crippen molar-refractivity contribution in [2.45, 2.75) is 25.2 Å². The molecular weight excluding hydrogens is 924 g/mol. The zero-order chi connectivity index (χ0) is 27.3. The van der Waals surface area contributed by atoms with Crippen LogP contribution < -0.4 is 9.47 Å². The predicted molar refractivity (Wildman–Crippen MR) is 169 cm³/mol. The highest BCUT2D eigenvalue weighted by Crippen LogP contribution is 2.29. The quantitative estimate of drug-likeness (QED) is 0.119. The van der Waals surface area contributed by atoms with Crippen LogP contribution in [-0.4, -0.2) is 52.4 Å². The highest BCUT2D eigenvalue weighted by Gasteiger charge is 2.20. The van der Waals surface area contributed by atoms with Crippen molar-refractivity contribution in [2.24, 2.45) is 0 Å². The largest absolute Gasteiger partial charge is 0.489 e. The highest BCUT2D eigenvalue weighted by atomic mass is 127. The zero-order valence-corrected chi connectivity index (χ0v) is 27.6. The number of aliphatic hydroxyl groups excluding tert-OH is 1. The molecular formula is C24H24I4O8. The number of carbonyl (C=O) groups is 2. The van der Waals surface area contributed by atoms with E-state index < -0.39 is 23.8 Å². The average Bonchev–Trinajstić information content (AvgIpc) is 2.78. The molecule has 2 unspecified atom stereocenters. The number of carboxylic acid groups (broad SMARTS) is 1. The Morgan fingerprint density at radius 3 is 2.17 bits per heavy atom. The Kier molecular flexibility index (Phi) is 15.7. The topological polar surface area (TPSA) is 123 Å². The van der Waals surface area contributed by atoms with E-state index in [0.717, 1.165) is 32.2 Å². The Morgan fingerprint density at radius 2 is 1.64 bits per heavy atom. The van der Waals surface area contributed by atoms with Crippen molar-refractivity contribution in [3.05, 3.63) is 75.5 Å². The summed E-state index contributed by atoms with van der Waals surface area (Å²) in [4.78, 5) is 21.1. The Labute approximate surface area is 264 Å². The second-order valence-electron chi connectivity index (χ2n) is 7.17. The summed E-state index contributed by atoms with van der Waals surface area (Å²) >= 11 is 8.77. The molecule has 2 aromatic carbocycles. The molecule has 196 valence electrons. The zero-order valence-electron chi connectivity index (χ0n) is 19.0. The summed E-state index contributed by atoms with van der Waals surface area (Å²) < 4.78 is 19.8. The third-order valence-electron chi connectivity index (χ3n) is 3.88. The van der Waals surface area contributed by atoms with Gasteiger partial charge >= 0.3 is 11.9 Å². The Balaban J connectivity index is 0.000000362. The van der Waals surface area contributed by atoms with Crippen LogP contribution in [0.4, 0.5) is 0 Å². The molecule has 0 saturated heterocycles. The summed E-state index contributed by atoms with van der Waals surface area (Å²) in [5.74, 6) is -1.75. The van der Waals surface area contributed by atoms with Crippen molar-refractivity contribution in [2.75, 3.05) is 13.2 Å². The lowest BCUT2D eigenvalue weighted by molar-refractivity contribution is -0.141. The molecule has 3 N–H and O–H groups in total. The standard InChI is InChI=1S/C12H11I3O4.C12H13IO4/c1-2-11(17)18-5-8(16)6-19-12-9(14)3-7(13)4-10(12)15;1-12(16,8-2-3-11(14)15)17-10-6-4-9(13)5-7-10/h2-4,8,16H,1,5-6H2;2-7,16H,8H2,1H3,(H,14,15). The van der Waals surface area contributed by atoms with Gasteiger partial charge in [0.05, 0.1) is 7.14 Å². The smallest absolute Gasteiger partial charge is 0.330 e. The van der Waals surface area contributed by atoms with Crippen LogP contribution in [0, 0.1) is 14.3 Å². The van der Waals surface area contributed by atoms with Gasteiger partial charge in [-0.2, -0.15) is 0 Å². The molecule has 2 rings (SSSR count). The van der Waals surface area contributed by atoms with E-state index in [4.69, 9.17) is 19.3 Å². The van der Waals surface area contributed by atoms with Crippen molar-refractivity contribution >= 4 is 102 Å². The number of benzene rings is 2. The maximum atomic E-state index is 10.8. The van der Waals surface area contributed by atoms with E-state index in [-0.39, 0.29) is 19.6 Å². The third-order valence-corrected chi connectivity index (χ3v) is 6.82. The van der Waals surface area contributed by atoms with Crippen molar-refractivity contribution < 1.29 is 39.1 Å². The van der Waals surface area contributed by atoms with Gasteiger partial charge in [0.1, 0.15) is 30.8 Å². The van der Waals surface area contributed by atoms with Gasteiger partial charge in [-0.1, -0.05) is 12.7 Å². The van der Waals surface area contributed by atoms with Gasteiger partial charge < -0.3 is 29.5 Å². The van der Waals surface area contributed by atoms with E-state index in [0.29, 0.717) is 5.75 Å². The summed E-state index contributed by atoms with van der Waals surface area (Å²) in [6, 6.07) is 11.2. The molecule has 0 aliphatic rings. The fraction of sp³-hybridized carbons (Fsp3) is 0.250. The van der Waals surface area contributed by atoms with E-state index in [1.807, 2.05) is 24.3 Å². The maximum absolute atomic E-state index is 10.8. The number of aliphatic hydroxyl groups is 2. The van der Waals surface area contributed by atoms with Gasteiger partial charge in [0.15, 0.2) is 0 Å². The van der Waals surface area contributed by atoms with Gasteiger partial charge in [-0.3, -0.25) is 0 Å². The summed E-state index contributed by atoms with van der Waals surface area (Å²) in [5, 5.41) is 28.0. The number of hydrogen-bond donors (Lipinski definition) is 3. The molecule has 36 heavy (non-hydrogen) atoms. The molecule has 8 nitrogen and oxygen atoms in total. The molecule has 0 spiro atoms. The number of halogens is 4. The minimum atomic E-state index is -1.42. The van der Waals surface area contributed by atoms with Crippen LogP contribution in [0.15, 0.2) is 61.2 Å². The minimum Gasteiger partial charge on any atom is -0.489 e. The number of aliphatic carboxylic acids is 1. The fourth-order valence-corrected chi connectivity index (χ4v) is 6.56. The number of ether oxygens (including phenoxy) is 3. The molecule has 2 atom stereocenters. The number of carbonyl (C=O) groups excluding carboxylic acids is 1. The van der Waals surface area contributed by atoms with Crippen LogP contribution in [0.3, 0.4) is 0 Å². The molecule has 0 fully saturated rings. The van der Waals surface area contributed by atoms with Crippen LogP contribution in [0.5, 0.6) is 11.5 Å². The van der Waals surface area contributed by atoms with Gasteiger partial charge in [0.25, 0.3) is 0 Å². The molecule has 0 bridgehead atoms. The minimum absolute atomic E-state index is 0.0665. The number of esters is 1. The molecule has 0 amide bonds. The van der Waals surface area contributed by atoms with E-state index in [2.05, 4.69) is 96.9 Å². The van der Waals surface area contributed by atoms with Crippen LogP contribution >= 0.6 is 90.4 Å². The van der Waals surface area contributed by atoms with Crippen molar-refractivity contribution in [3.8, 4) is 11.5 Å². The Hall–Kier alpha value is -0.700. The summed E-state index contributed by atoms with van der Waals surface area (Å²) in [7, 11) is 0. The van der Waals surface area contributed by atoms with Crippen LogP contribution in [0.25, 0.3) is 0 Å². The second-order valence-corrected chi connectivity index (χ2v) is 12.0. The number of hydrogen-bond acceptors (Lipinski definition) is 7. The molecule has 0 aromatic heterocycles. The van der Waals surface area contributed by atoms with E-state index in [1.54, 1.807) is 12.1 Å². The number of rotatable bonds is 11. The molecule has 2 aromatic rings. The fourth-order valence-electron chi connectivity index (χ4n) is 2.31. The monoisotopic (exact) mass is 948 g/mol. The number of carboxylic acids is 1. The lowest BCUT2D eigenvalue weighted by Crippen LogP contribution is -2.31. The molecule has 0 heterocycles. The molecule has 0 radical (unpaired) electrons. The average molecular weight is 948 g/mol. The summed E-state index contributed by atoms with van der Waals surface area (Å²) in [6.07, 6.45) is 2.62. The molecule has 12 heteroatoms. The van der Waals surface area contributed by atoms with E-state index >= 15 is 0 Å². The van der Waals surface area contributed by atoms with Crippen LogP contribution in [-0.2, 0) is 14.3 Å². The van der Waals surface area contributed by atoms with Crippen molar-refractivity contribution in [3.63, 3.8) is 0 Å². The Bertz CT molecular complexity index is 1030. The van der Waals surface area contributed by atoms with Gasteiger partial charge in [-0.25, -0.2) is 9.59 Å². The van der Waals surface area contributed by atoms with Crippen LogP contribution in [0.1, 0.15) is 13.3 Å². The molecule has 0 aliphatic heterocycles. The van der Waals surface area contributed by atoms with E-state index in [9.17, 15) is 19.8 Å². The van der Waals surface area contributed by atoms with Crippen LogP contribution in [0.2, 0.25) is 0 Å². The first-order valence-electron chi connectivity index (χ1n) is 10.1. The first kappa shape index (κ1) is 33.3. The Morgan fingerprint density at radius 1 is 1.06 bits per heavy atom. The van der Waals surface area contributed by atoms with Gasteiger partial charge in [-0.05, 0) is 127 Å². The van der Waals surface area contributed by atoms with Gasteiger partial charge in [0, 0.05) is 32.6 Å². The molecule has 0 saturated carbocycles. The predicted octanol–water partition coefficient (Wildman–Crippen LogP) is 5.38. The van der Waals surface area contributed by atoms with Gasteiger partial charge in [0.2, 0.25) is 5.79 Å². The molecule has 0 aliphatic carbocycles. The highest BCUT2D eigenvalue weighted by molar-refractivity contribution is 14.1. The second kappa shape index (κ2) is 17.0. The van der Waals surface area contributed by atoms with Crippen molar-refractivity contribution in [1.29, 1.82) is 0 Å². The van der Waals surface area contributed by atoms with Crippen molar-refractivity contribution in [1.82, 2.24) is 0 Å². The lowest BCUT2D eigenvalue weighted by atomic mass is 10.2. The van der Waals surface area contributed by atoms with Gasteiger partial charge in [-0.15, -0.1) is 0 Å². The first-order valence-corrected chi connectivity index (χ1v) is 14.5. The first-order chi connectivity index (χ1) is 16.8. The third kappa shape index (κ3) is 14.3. The SMILES string of the molecule is C=CC(=O)OCC(O)COc1c(I)cc(I)cc1I.CC(O)(CC=CC(=O)O)Oc1ccc(I)cc1. The lowest BCUT2D eigenvalue weighted by Gasteiger charge is -2.23.